The van der Waals surface area contributed by atoms with Gasteiger partial charge in [-0.2, -0.15) is 0 Å². The fourth-order valence-corrected chi connectivity index (χ4v) is 4.17. The number of carbonyl (C=O) groups excluding carboxylic acids is 1. The molecule has 5 rings (SSSR count). The van der Waals surface area contributed by atoms with E-state index in [4.69, 9.17) is 4.74 Å². The van der Waals surface area contributed by atoms with Gasteiger partial charge in [-0.25, -0.2) is 4.98 Å². The van der Waals surface area contributed by atoms with Crippen LogP contribution in [0.5, 0.6) is 0 Å². The summed E-state index contributed by atoms with van der Waals surface area (Å²) in [5.74, 6) is 0.314. The molecule has 0 aliphatic carbocycles. The van der Waals surface area contributed by atoms with Gasteiger partial charge in [-0.1, -0.05) is 97.1 Å². The van der Waals surface area contributed by atoms with Gasteiger partial charge >= 0.3 is 0 Å². The molecule has 4 nitrogen and oxygen atoms in total. The summed E-state index contributed by atoms with van der Waals surface area (Å²) in [5, 5.41) is 2.35. The fraction of sp³-hybridized carbons (Fsp3) is 0.133. The minimum atomic E-state index is -0.634. The van der Waals surface area contributed by atoms with Crippen LogP contribution in [0.25, 0.3) is 10.8 Å². The third kappa shape index (κ3) is 5.13. The van der Waals surface area contributed by atoms with Crippen molar-refractivity contribution in [2.24, 2.45) is 0 Å². The van der Waals surface area contributed by atoms with E-state index in [1.54, 1.807) is 6.20 Å². The summed E-state index contributed by atoms with van der Waals surface area (Å²) < 4.78 is 8.17. The van der Waals surface area contributed by atoms with Crippen molar-refractivity contribution >= 4 is 16.6 Å². The van der Waals surface area contributed by atoms with E-state index in [0.717, 1.165) is 22.1 Å². The lowest BCUT2D eigenvalue weighted by molar-refractivity contribution is 0.0330. The molecule has 0 fully saturated rings. The maximum atomic E-state index is 13.6. The quantitative estimate of drug-likeness (QED) is 0.257. The molecule has 0 aliphatic heterocycles. The van der Waals surface area contributed by atoms with Crippen molar-refractivity contribution in [3.8, 4) is 0 Å². The summed E-state index contributed by atoms with van der Waals surface area (Å²) in [7, 11) is 0. The molecule has 0 spiro atoms. The van der Waals surface area contributed by atoms with Gasteiger partial charge in [-0.05, 0) is 33.5 Å². The number of Topliss-reactive ketones (excluding diaryl/α,β-unsaturated/α-hetero) is 1. The van der Waals surface area contributed by atoms with Crippen LogP contribution in [0.2, 0.25) is 0 Å². The van der Waals surface area contributed by atoms with Crippen LogP contribution >= 0.6 is 0 Å². The van der Waals surface area contributed by atoms with Gasteiger partial charge in [-0.15, -0.1) is 0 Å². The molecule has 0 unspecified atom stereocenters. The van der Waals surface area contributed by atoms with Crippen LogP contribution in [0, 0.1) is 0 Å². The summed E-state index contributed by atoms with van der Waals surface area (Å²) in [4.78, 5) is 18.1. The van der Waals surface area contributed by atoms with Crippen LogP contribution in [-0.4, -0.2) is 21.4 Å². The number of nitrogens with zero attached hydrogens (tertiary/aromatic N) is 2. The molecule has 0 amide bonds. The van der Waals surface area contributed by atoms with Crippen molar-refractivity contribution in [1.29, 1.82) is 0 Å². The van der Waals surface area contributed by atoms with Gasteiger partial charge in [0.1, 0.15) is 6.10 Å². The van der Waals surface area contributed by atoms with E-state index < -0.39 is 6.10 Å². The minimum absolute atomic E-state index is 0.106. The highest BCUT2D eigenvalue weighted by atomic mass is 16.5. The number of ether oxygens (including phenoxy) is 1. The zero-order valence-corrected chi connectivity index (χ0v) is 18.9. The number of ketones is 1. The summed E-state index contributed by atoms with van der Waals surface area (Å²) >= 11 is 0. The van der Waals surface area contributed by atoms with Gasteiger partial charge in [0.05, 0.1) is 6.61 Å². The Kier molecular flexibility index (Phi) is 6.59. The summed E-state index contributed by atoms with van der Waals surface area (Å²) in [6.45, 7) is 0.943. The van der Waals surface area contributed by atoms with Gasteiger partial charge in [0.25, 0.3) is 0 Å². The Labute approximate surface area is 199 Å². The second-order valence-electron chi connectivity index (χ2n) is 8.40. The molecule has 0 bridgehead atoms. The Morgan fingerprint density at radius 3 is 2.21 bits per heavy atom. The molecule has 5 aromatic rings. The second kappa shape index (κ2) is 10.3. The van der Waals surface area contributed by atoms with Crippen molar-refractivity contribution in [2.45, 2.75) is 25.7 Å². The van der Waals surface area contributed by atoms with Crippen molar-refractivity contribution < 1.29 is 9.53 Å². The number of carbonyl (C=O) groups is 1. The largest absolute Gasteiger partial charge is 0.365 e. The molecule has 0 N–H and O–H groups in total. The van der Waals surface area contributed by atoms with Crippen LogP contribution in [0.15, 0.2) is 116 Å². The van der Waals surface area contributed by atoms with Crippen molar-refractivity contribution in [2.75, 3.05) is 0 Å². The zero-order valence-electron chi connectivity index (χ0n) is 18.9. The number of rotatable bonds is 9. The number of hydrogen-bond acceptors (Lipinski definition) is 3. The molecule has 0 saturated carbocycles. The van der Waals surface area contributed by atoms with E-state index in [1.807, 2.05) is 83.6 Å². The first-order valence-electron chi connectivity index (χ1n) is 11.5. The topological polar surface area (TPSA) is 44.1 Å². The van der Waals surface area contributed by atoms with Crippen LogP contribution < -0.4 is 0 Å². The average molecular weight is 447 g/mol. The Morgan fingerprint density at radius 2 is 1.44 bits per heavy atom. The van der Waals surface area contributed by atoms with Crippen molar-refractivity contribution in [1.82, 2.24) is 9.55 Å². The van der Waals surface area contributed by atoms with Crippen LogP contribution in [0.4, 0.5) is 0 Å². The smallest absolute Gasteiger partial charge is 0.227 e. The van der Waals surface area contributed by atoms with Crippen molar-refractivity contribution in [3.05, 3.63) is 138 Å². The number of benzene rings is 4. The van der Waals surface area contributed by atoms with Crippen molar-refractivity contribution in [3.63, 3.8) is 0 Å². The lowest BCUT2D eigenvalue weighted by Crippen LogP contribution is -2.29. The lowest BCUT2D eigenvalue weighted by atomic mass is 10.0. The lowest BCUT2D eigenvalue weighted by Gasteiger charge is -2.18. The van der Waals surface area contributed by atoms with E-state index in [2.05, 4.69) is 35.3 Å². The molecule has 4 heteroatoms. The van der Waals surface area contributed by atoms with Crippen LogP contribution in [-0.2, 0) is 24.3 Å². The highest BCUT2D eigenvalue weighted by Gasteiger charge is 2.25. The van der Waals surface area contributed by atoms with E-state index in [-0.39, 0.29) is 5.78 Å². The average Bonchev–Trinajstić information content (AvgIpc) is 3.35. The van der Waals surface area contributed by atoms with Gasteiger partial charge < -0.3 is 9.30 Å². The standard InChI is InChI=1S/C30H26N2O2/c33-29(30-31-17-18-32(30)21-24-11-5-2-6-12-24)28(20-23-9-3-1-4-10-23)34-22-25-15-16-26-13-7-8-14-27(26)19-25/h1-19,28H,20-22H2/t28-/m0/s1. The molecule has 0 radical (unpaired) electrons. The highest BCUT2D eigenvalue weighted by molar-refractivity contribution is 5.96. The number of aromatic nitrogens is 2. The maximum Gasteiger partial charge on any atom is 0.227 e. The normalized spacial score (nSPS) is 12.0. The third-order valence-electron chi connectivity index (χ3n) is 5.95. The highest BCUT2D eigenvalue weighted by Crippen LogP contribution is 2.19. The molecule has 34 heavy (non-hydrogen) atoms. The van der Waals surface area contributed by atoms with Gasteiger partial charge in [0.2, 0.25) is 5.78 Å². The number of fused-ring (bicyclic) bond motifs is 1. The predicted octanol–water partition coefficient (Wildman–Crippen LogP) is 6.10. The van der Waals surface area contributed by atoms with E-state index >= 15 is 0 Å². The zero-order chi connectivity index (χ0) is 23.2. The molecule has 1 heterocycles. The molecule has 4 aromatic carbocycles. The molecule has 0 aliphatic rings. The Hall–Kier alpha value is -4.02. The first-order chi connectivity index (χ1) is 16.8. The second-order valence-corrected chi connectivity index (χ2v) is 8.40. The molecule has 1 atom stereocenters. The Balaban J connectivity index is 1.38. The summed E-state index contributed by atoms with van der Waals surface area (Å²) in [6, 6.07) is 34.6. The van der Waals surface area contributed by atoms with Crippen LogP contribution in [0.1, 0.15) is 27.3 Å². The minimum Gasteiger partial charge on any atom is -0.365 e. The maximum absolute atomic E-state index is 13.6. The van der Waals surface area contributed by atoms with E-state index in [1.165, 1.54) is 5.39 Å². The first kappa shape index (κ1) is 21.8. The predicted molar refractivity (Wildman–Crippen MR) is 135 cm³/mol. The molecule has 1 aromatic heterocycles. The summed E-state index contributed by atoms with van der Waals surface area (Å²) in [5.41, 5.74) is 3.21. The molecule has 0 saturated heterocycles. The van der Waals surface area contributed by atoms with E-state index in [0.29, 0.717) is 25.4 Å². The third-order valence-corrected chi connectivity index (χ3v) is 5.95. The van der Waals surface area contributed by atoms with Crippen LogP contribution in [0.3, 0.4) is 0 Å². The molecule has 168 valence electrons. The summed E-state index contributed by atoms with van der Waals surface area (Å²) in [6.07, 6.45) is 3.39. The number of imidazole rings is 1. The molecular weight excluding hydrogens is 420 g/mol. The first-order valence-corrected chi connectivity index (χ1v) is 11.5. The Bertz CT molecular complexity index is 1380. The molecular formula is C30H26N2O2. The number of hydrogen-bond donors (Lipinski definition) is 0. The SMILES string of the molecule is O=C(c1nccn1Cc1ccccc1)[C@H](Cc1ccccc1)OCc1ccc2ccccc2c1. The van der Waals surface area contributed by atoms with E-state index in [9.17, 15) is 4.79 Å². The fourth-order valence-electron chi connectivity index (χ4n) is 4.17. The van der Waals surface area contributed by atoms with Gasteiger partial charge in [0, 0.05) is 25.4 Å². The Morgan fingerprint density at radius 1 is 0.765 bits per heavy atom. The van der Waals surface area contributed by atoms with Gasteiger partial charge in [0.15, 0.2) is 5.82 Å². The monoisotopic (exact) mass is 446 g/mol. The van der Waals surface area contributed by atoms with Gasteiger partial charge in [-0.3, -0.25) is 4.79 Å².